The normalized spacial score (nSPS) is 44.5. The highest BCUT2D eigenvalue weighted by Crippen LogP contribution is 2.71. The molecular formula is C94H174F6O9S2. The molecule has 38 unspecified atom stereocenters. The molecule has 17 heteroatoms. The van der Waals surface area contributed by atoms with Crippen molar-refractivity contribution in [2.75, 3.05) is 5.75 Å². The van der Waals surface area contributed by atoms with Crippen molar-refractivity contribution in [3.8, 4) is 0 Å². The third kappa shape index (κ3) is 21.4. The Kier molecular flexibility index (Phi) is 40.6. The van der Waals surface area contributed by atoms with Gasteiger partial charge in [0.25, 0.3) is 5.25 Å². The zero-order chi connectivity index (χ0) is 84.0. The van der Waals surface area contributed by atoms with Gasteiger partial charge < -0.3 is 23.7 Å². The van der Waals surface area contributed by atoms with Crippen LogP contribution in [0.3, 0.4) is 0 Å². The zero-order valence-corrected chi connectivity index (χ0v) is 77.9. The topological polar surface area (TPSA) is 114 Å². The van der Waals surface area contributed by atoms with Gasteiger partial charge in [0, 0.05) is 29.4 Å². The maximum atomic E-state index is 12.1. The van der Waals surface area contributed by atoms with Crippen molar-refractivity contribution < 1.29 is 66.9 Å². The monoisotopic (exact) mass is 1630 g/mol. The number of fused-ring (bicyclic) bond motifs is 32. The van der Waals surface area contributed by atoms with Crippen LogP contribution in [0.2, 0.25) is 0 Å². The van der Waals surface area contributed by atoms with E-state index in [1.807, 2.05) is 90.0 Å². The minimum atomic E-state index is -5.85. The van der Waals surface area contributed by atoms with E-state index >= 15 is 0 Å². The largest absolute Gasteiger partial charge is 0.414 e. The first kappa shape index (κ1) is 101. The van der Waals surface area contributed by atoms with Gasteiger partial charge in [-0.15, -0.1) is 0 Å². The van der Waals surface area contributed by atoms with Crippen LogP contribution in [0.5, 0.6) is 0 Å². The van der Waals surface area contributed by atoms with Crippen LogP contribution in [0, 0.1) is 154 Å². The van der Waals surface area contributed by atoms with E-state index in [-0.39, 0.29) is 17.4 Å². The van der Waals surface area contributed by atoms with Crippen LogP contribution in [0.4, 0.5) is 26.3 Å². The Labute approximate surface area is 679 Å². The molecule has 0 N–H and O–H groups in total. The zero-order valence-electron chi connectivity index (χ0n) is 76.2. The Balaban J connectivity index is 0.000000224. The summed E-state index contributed by atoms with van der Waals surface area (Å²) in [5, 5.41) is -6.16. The molecule has 658 valence electrons. The second kappa shape index (κ2) is 44.7. The summed E-state index contributed by atoms with van der Waals surface area (Å²) in [4.78, 5) is 0. The highest BCUT2D eigenvalue weighted by atomic mass is 32.2. The predicted molar refractivity (Wildman–Crippen MR) is 451 cm³/mol. The lowest BCUT2D eigenvalue weighted by molar-refractivity contribution is -0.226. The molecule has 9 heterocycles. The van der Waals surface area contributed by atoms with Crippen LogP contribution in [-0.2, 0) is 43.4 Å². The predicted octanol–water partition coefficient (Wildman–Crippen LogP) is 26.5. The molecule has 9 saturated heterocycles. The quantitative estimate of drug-likeness (QED) is 0.156. The van der Waals surface area contributed by atoms with E-state index in [2.05, 4.69) is 83.1 Å². The Bertz CT molecular complexity index is 2540. The molecule has 0 aromatic heterocycles. The molecule has 9 aliphatic heterocycles. The number of hydrogen-bond donors (Lipinski definition) is 0. The van der Waals surface area contributed by atoms with Gasteiger partial charge in [-0.05, 0) is 279 Å². The van der Waals surface area contributed by atoms with Gasteiger partial charge in [-0.1, -0.05) is 200 Å². The molecule has 9 saturated carbocycles. The fraction of sp³-hybridized carbons (Fsp3) is 1.00. The SMILES string of the molecule is CC.CC.CC.CC.CC.CC.CC1C(C)C2CC1C1C3CCC(C3)C21.CC1C(C)C2OC1C1C3CCC(O3)C21.CC1C2CCC(C2)C1C.CC1C2CCC(O2)C1C.CCC(C)S(=O)(=O)C(C(F)(F)F)C(F)(F)F.CCC(C)S(=O)(=O)CC.CCC1CC(CC)C2C3CCC(C3)C12.CCC1OC(CC)C2C3CCC(O3)C12. The van der Waals surface area contributed by atoms with E-state index in [1.165, 1.54) is 107 Å². The first-order chi connectivity index (χ1) is 52.7. The van der Waals surface area contributed by atoms with Crippen molar-refractivity contribution in [3.63, 3.8) is 0 Å². The van der Waals surface area contributed by atoms with Crippen LogP contribution in [0.15, 0.2) is 0 Å². The van der Waals surface area contributed by atoms with Crippen molar-refractivity contribution in [1.82, 2.24) is 0 Å². The summed E-state index contributed by atoms with van der Waals surface area (Å²) in [6.45, 7) is 60.0. The number of alkyl halides is 6. The van der Waals surface area contributed by atoms with Crippen LogP contribution in [0.1, 0.15) is 348 Å². The Morgan fingerprint density at radius 1 is 0.315 bits per heavy atom. The van der Waals surface area contributed by atoms with E-state index in [0.29, 0.717) is 61.0 Å². The average molecular weight is 1630 g/mol. The fourth-order valence-corrected chi connectivity index (χ4v) is 29.3. The van der Waals surface area contributed by atoms with Crippen LogP contribution < -0.4 is 0 Å². The summed E-state index contributed by atoms with van der Waals surface area (Å²) < 4.78 is 147. The summed E-state index contributed by atoms with van der Waals surface area (Å²) >= 11 is 0. The third-order valence-electron chi connectivity index (χ3n) is 32.8. The lowest BCUT2D eigenvalue weighted by Crippen LogP contribution is -2.50. The van der Waals surface area contributed by atoms with Crippen LogP contribution >= 0.6 is 0 Å². The van der Waals surface area contributed by atoms with Gasteiger partial charge in [0.2, 0.25) is 0 Å². The summed E-state index contributed by atoms with van der Waals surface area (Å²) in [7, 11) is -8.06. The van der Waals surface area contributed by atoms with E-state index in [4.69, 9.17) is 23.7 Å². The van der Waals surface area contributed by atoms with Gasteiger partial charge in [-0.2, -0.15) is 26.3 Å². The third-order valence-corrected chi connectivity index (χ3v) is 37.9. The Hall–Kier alpha value is -0.720. The van der Waals surface area contributed by atoms with Gasteiger partial charge in [-0.3, -0.25) is 0 Å². The standard InChI is InChI=1S/C14H22.C14H24.C12H18O2.C12H20O2.C9H16.C8H14O.C7H10F6O2S.C6H14O2S.6C2H6/c1-7-8(2)12-6-11(7)13-9-3-4-10(5-9)14(12)13;1-3-9-7-10(4-2)14-12-6-5-11(8-12)13(9)14;1-5-6(2)12-10-8-4-3-7(13-8)9(10)11(5)14-12;1-3-7-11-9-5-6-10(14-9)12(11)8(4-2)13-7;1-6-7(2)9-4-3-8(6)5-9;1-5-6(2)8-4-3-7(5)9-8;1-3-4(2)16(14,15)5(6(8,9)10)7(11,12)13;1-4-6(3)9(7,8)5-2;6*1-2/h7-14H,3-6H2,1-2H3;9-14H,3-8H2,1-2H3;5-12H,3-4H2,1-2H3;7-12H,3-6H2,1-2H3;6-9H,3-5H2,1-2H3;5-8H,3-4H2,1-2H3;4-5H,3H2,1-2H3;6H,4-5H2,1-3H3;6*1-2H3. The number of rotatable bonds is 10. The minimum Gasteiger partial charge on any atom is -0.374 e. The Morgan fingerprint density at radius 3 is 0.892 bits per heavy atom. The van der Waals surface area contributed by atoms with Crippen molar-refractivity contribution in [3.05, 3.63) is 0 Å². The molecule has 0 aromatic rings. The molecule has 0 radical (unpaired) electrons. The van der Waals surface area contributed by atoms with Crippen molar-refractivity contribution in [1.29, 1.82) is 0 Å². The van der Waals surface area contributed by atoms with Gasteiger partial charge in [0.1, 0.15) is 0 Å². The molecule has 18 aliphatic rings. The molecule has 38 atom stereocenters. The number of hydrogen-bond acceptors (Lipinski definition) is 9. The number of ether oxygens (including phenoxy) is 5. The van der Waals surface area contributed by atoms with Gasteiger partial charge in [0.05, 0.1) is 71.5 Å². The van der Waals surface area contributed by atoms with E-state index in [9.17, 15) is 43.2 Å². The molecule has 0 amide bonds. The summed E-state index contributed by atoms with van der Waals surface area (Å²) in [5.74, 6) is 26.7. The second-order valence-electron chi connectivity index (χ2n) is 36.5. The van der Waals surface area contributed by atoms with Gasteiger partial charge >= 0.3 is 12.4 Å². The van der Waals surface area contributed by atoms with Crippen molar-refractivity contribution in [2.24, 2.45) is 154 Å². The molecule has 16 bridgehead atoms. The maximum absolute atomic E-state index is 12.1. The maximum Gasteiger partial charge on any atom is 0.414 e. The number of halogens is 6. The smallest absolute Gasteiger partial charge is 0.374 e. The highest BCUT2D eigenvalue weighted by molar-refractivity contribution is 7.92. The first-order valence-corrected chi connectivity index (χ1v) is 50.9. The summed E-state index contributed by atoms with van der Waals surface area (Å²) in [6.07, 6.45) is 24.6. The van der Waals surface area contributed by atoms with E-state index < -0.39 is 42.5 Å². The van der Waals surface area contributed by atoms with Crippen LogP contribution in [-0.4, -0.2) is 112 Å². The lowest BCUT2D eigenvalue weighted by atomic mass is 9.64. The summed E-state index contributed by atoms with van der Waals surface area (Å²) in [6, 6.07) is 0. The number of sulfone groups is 2. The lowest BCUT2D eigenvalue weighted by Gasteiger charge is -2.41. The molecule has 18 rings (SSSR count). The van der Waals surface area contributed by atoms with E-state index in [1.54, 1.807) is 71.6 Å². The Morgan fingerprint density at radius 2 is 0.622 bits per heavy atom. The average Bonchev–Trinajstić information content (AvgIpc) is 1.57. The van der Waals surface area contributed by atoms with Gasteiger partial charge in [0.15, 0.2) is 19.7 Å². The van der Waals surface area contributed by atoms with Crippen molar-refractivity contribution in [2.45, 2.75) is 438 Å². The second-order valence-corrected chi connectivity index (χ2v) is 41.7. The molecule has 18 fully saturated rings. The molecule has 9 aliphatic carbocycles. The molecule has 0 spiro atoms. The molecular weight excluding hydrogens is 1450 g/mol. The minimum absolute atomic E-state index is 0.164. The van der Waals surface area contributed by atoms with Crippen molar-refractivity contribution >= 4 is 19.7 Å². The molecule has 111 heavy (non-hydrogen) atoms. The molecule has 9 nitrogen and oxygen atoms in total. The van der Waals surface area contributed by atoms with E-state index in [0.717, 1.165) is 145 Å². The summed E-state index contributed by atoms with van der Waals surface area (Å²) in [5.41, 5.74) is 0. The van der Waals surface area contributed by atoms with Gasteiger partial charge in [-0.25, -0.2) is 16.8 Å². The van der Waals surface area contributed by atoms with Crippen LogP contribution in [0.25, 0.3) is 0 Å². The molecule has 0 aromatic carbocycles. The highest BCUT2D eigenvalue weighted by Gasteiger charge is 2.68. The fourth-order valence-electron chi connectivity index (χ4n) is 26.5. The first-order valence-electron chi connectivity index (χ1n) is 47.6.